The monoisotopic (exact) mass is 272 g/mol. The molecule has 0 aromatic carbocycles. The lowest BCUT2D eigenvalue weighted by Gasteiger charge is -2.41. The van der Waals surface area contributed by atoms with Crippen LogP contribution in [-0.2, 0) is 6.18 Å². The summed E-state index contributed by atoms with van der Waals surface area (Å²) in [6, 6.07) is 0.857. The predicted molar refractivity (Wildman–Crippen MR) is 60.7 cm³/mol. The van der Waals surface area contributed by atoms with Crippen molar-refractivity contribution in [1.82, 2.24) is 15.6 Å². The number of fused-ring (bicyclic) bond motifs is 3. The third-order valence-corrected chi connectivity index (χ3v) is 3.25. The van der Waals surface area contributed by atoms with Crippen LogP contribution in [0.5, 0.6) is 0 Å². The highest BCUT2D eigenvalue weighted by molar-refractivity contribution is 6.01. The van der Waals surface area contributed by atoms with E-state index < -0.39 is 17.6 Å². The number of nitrogens with one attached hydrogen (secondary N) is 2. The summed E-state index contributed by atoms with van der Waals surface area (Å²) in [5.41, 5.74) is -0.928. The van der Waals surface area contributed by atoms with Crippen LogP contribution in [0, 0.1) is 0 Å². The fraction of sp³-hybridized carbons (Fsp3) is 0.455. The number of carbonyl (C=O) groups is 1. The zero-order valence-electron chi connectivity index (χ0n) is 9.79. The Morgan fingerprint density at radius 1 is 1.42 bits per heavy atom. The quantitative estimate of drug-likeness (QED) is 0.725. The highest BCUT2D eigenvalue weighted by Crippen LogP contribution is 2.33. The van der Waals surface area contributed by atoms with E-state index in [4.69, 9.17) is 0 Å². The molecule has 1 saturated heterocycles. The number of hydrogen-bond donors (Lipinski definition) is 2. The average molecular weight is 272 g/mol. The van der Waals surface area contributed by atoms with Crippen molar-refractivity contribution >= 4 is 11.7 Å². The van der Waals surface area contributed by atoms with Gasteiger partial charge in [-0.05, 0) is 6.07 Å². The lowest BCUT2D eigenvalue weighted by molar-refractivity contribution is -0.137. The Kier molecular flexibility index (Phi) is 2.63. The summed E-state index contributed by atoms with van der Waals surface area (Å²) in [7, 11) is 0. The fourth-order valence-electron chi connectivity index (χ4n) is 2.32. The lowest BCUT2D eigenvalue weighted by atomic mass is 10.1. The zero-order valence-corrected chi connectivity index (χ0v) is 9.79. The molecule has 0 bridgehead atoms. The average Bonchev–Trinajstić information content (AvgIpc) is 2.37. The topological polar surface area (TPSA) is 57.3 Å². The summed E-state index contributed by atoms with van der Waals surface area (Å²) < 4.78 is 37.9. The van der Waals surface area contributed by atoms with Crippen LogP contribution in [0.3, 0.4) is 0 Å². The molecule has 2 N–H and O–H groups in total. The van der Waals surface area contributed by atoms with Gasteiger partial charge in [0.2, 0.25) is 0 Å². The Morgan fingerprint density at radius 3 is 2.95 bits per heavy atom. The van der Waals surface area contributed by atoms with Crippen LogP contribution in [0.15, 0.2) is 12.3 Å². The highest BCUT2D eigenvalue weighted by atomic mass is 19.4. The van der Waals surface area contributed by atoms with Crippen LogP contribution < -0.4 is 15.5 Å². The van der Waals surface area contributed by atoms with E-state index in [1.807, 2.05) is 4.90 Å². The van der Waals surface area contributed by atoms with Gasteiger partial charge >= 0.3 is 6.18 Å². The predicted octanol–water partition coefficient (Wildman–Crippen LogP) is 0.579. The van der Waals surface area contributed by atoms with Gasteiger partial charge in [0, 0.05) is 25.8 Å². The first kappa shape index (κ1) is 12.2. The molecule has 1 amide bonds. The number of anilines is 1. The van der Waals surface area contributed by atoms with Gasteiger partial charge in [0.15, 0.2) is 0 Å². The van der Waals surface area contributed by atoms with Crippen molar-refractivity contribution in [2.24, 2.45) is 0 Å². The normalized spacial score (nSPS) is 22.6. The maximum Gasteiger partial charge on any atom is 0.417 e. The van der Waals surface area contributed by atoms with Crippen molar-refractivity contribution in [2.45, 2.75) is 12.3 Å². The third-order valence-electron chi connectivity index (χ3n) is 3.25. The molecule has 102 valence electrons. The van der Waals surface area contributed by atoms with Gasteiger partial charge in [0.05, 0.1) is 11.1 Å². The van der Waals surface area contributed by atoms with Crippen LogP contribution in [0.25, 0.3) is 0 Å². The summed E-state index contributed by atoms with van der Waals surface area (Å²) in [5.74, 6) is -0.193. The molecule has 1 unspecified atom stereocenters. The molecule has 1 atom stereocenters. The van der Waals surface area contributed by atoms with Crippen LogP contribution in [0.4, 0.5) is 19.0 Å². The van der Waals surface area contributed by atoms with Gasteiger partial charge in [0.1, 0.15) is 12.0 Å². The van der Waals surface area contributed by atoms with Gasteiger partial charge in [-0.1, -0.05) is 0 Å². The minimum atomic E-state index is -4.50. The molecular weight excluding hydrogens is 261 g/mol. The van der Waals surface area contributed by atoms with Crippen molar-refractivity contribution in [1.29, 1.82) is 0 Å². The SMILES string of the molecule is O=C1NC2CNCCN2c2ncc(C(F)(F)F)cc21. The van der Waals surface area contributed by atoms with Crippen molar-refractivity contribution in [3.8, 4) is 0 Å². The van der Waals surface area contributed by atoms with Crippen LogP contribution >= 0.6 is 0 Å². The molecule has 0 radical (unpaired) electrons. The number of carbonyl (C=O) groups excluding carboxylic acids is 1. The number of piperazine rings is 1. The van der Waals surface area contributed by atoms with Crippen molar-refractivity contribution < 1.29 is 18.0 Å². The summed E-state index contributed by atoms with van der Waals surface area (Å²) in [6.07, 6.45) is -3.97. The standard InChI is InChI=1S/C11H11F3N4O/c12-11(13,14)6-3-7-9(16-4-6)18-2-1-15-5-8(18)17-10(7)19/h3-4,8,15H,1-2,5H2,(H,17,19). The van der Waals surface area contributed by atoms with E-state index in [1.165, 1.54) is 0 Å². The van der Waals surface area contributed by atoms with E-state index in [2.05, 4.69) is 15.6 Å². The van der Waals surface area contributed by atoms with E-state index in [9.17, 15) is 18.0 Å². The molecule has 0 saturated carbocycles. The number of amides is 1. The summed E-state index contributed by atoms with van der Waals surface area (Å²) in [5, 5.41) is 5.78. The maximum absolute atomic E-state index is 12.6. The summed E-state index contributed by atoms with van der Waals surface area (Å²) in [6.45, 7) is 1.85. The van der Waals surface area contributed by atoms with Crippen LogP contribution in [-0.4, -0.2) is 36.7 Å². The maximum atomic E-state index is 12.6. The van der Waals surface area contributed by atoms with Gasteiger partial charge in [0.25, 0.3) is 5.91 Å². The molecule has 8 heteroatoms. The minimum absolute atomic E-state index is 0.0204. The number of rotatable bonds is 0. The van der Waals surface area contributed by atoms with E-state index >= 15 is 0 Å². The summed E-state index contributed by atoms with van der Waals surface area (Å²) in [4.78, 5) is 17.5. The molecular formula is C11H11F3N4O. The Morgan fingerprint density at radius 2 is 2.21 bits per heavy atom. The first-order valence-electron chi connectivity index (χ1n) is 5.82. The first-order valence-corrected chi connectivity index (χ1v) is 5.82. The largest absolute Gasteiger partial charge is 0.417 e. The number of halogens is 3. The fourth-order valence-corrected chi connectivity index (χ4v) is 2.32. The smallest absolute Gasteiger partial charge is 0.333 e. The lowest BCUT2D eigenvalue weighted by Crippen LogP contribution is -2.62. The third kappa shape index (κ3) is 2.01. The molecule has 3 heterocycles. The van der Waals surface area contributed by atoms with Crippen molar-refractivity contribution in [2.75, 3.05) is 24.5 Å². The Balaban J connectivity index is 2.05. The summed E-state index contributed by atoms with van der Waals surface area (Å²) >= 11 is 0. The van der Waals surface area contributed by atoms with Gasteiger partial charge in [-0.15, -0.1) is 0 Å². The van der Waals surface area contributed by atoms with Crippen LogP contribution in [0.2, 0.25) is 0 Å². The second-order valence-electron chi connectivity index (χ2n) is 4.48. The van der Waals surface area contributed by atoms with E-state index in [0.29, 0.717) is 25.5 Å². The Bertz CT molecular complexity index is 531. The second kappa shape index (κ2) is 4.09. The number of aromatic nitrogens is 1. The van der Waals surface area contributed by atoms with Gasteiger partial charge in [-0.2, -0.15) is 13.2 Å². The molecule has 0 spiro atoms. The van der Waals surface area contributed by atoms with Crippen molar-refractivity contribution in [3.05, 3.63) is 23.4 Å². The number of hydrogen-bond acceptors (Lipinski definition) is 4. The molecule has 0 aliphatic carbocycles. The van der Waals surface area contributed by atoms with Crippen LogP contribution in [0.1, 0.15) is 15.9 Å². The number of alkyl halides is 3. The Hall–Kier alpha value is -1.83. The number of nitrogens with zero attached hydrogens (tertiary/aromatic N) is 2. The molecule has 1 fully saturated rings. The molecule has 5 nitrogen and oxygen atoms in total. The van der Waals surface area contributed by atoms with E-state index in [-0.39, 0.29) is 11.7 Å². The zero-order chi connectivity index (χ0) is 13.6. The number of pyridine rings is 1. The molecule has 1 aromatic rings. The first-order chi connectivity index (χ1) is 8.97. The van der Waals surface area contributed by atoms with Gasteiger partial charge < -0.3 is 15.5 Å². The second-order valence-corrected chi connectivity index (χ2v) is 4.48. The Labute approximate surface area is 106 Å². The molecule has 3 rings (SSSR count). The highest BCUT2D eigenvalue weighted by Gasteiger charge is 2.37. The van der Waals surface area contributed by atoms with E-state index in [1.54, 1.807) is 0 Å². The van der Waals surface area contributed by atoms with Gasteiger partial charge in [-0.3, -0.25) is 4.79 Å². The molecule has 2 aliphatic heterocycles. The molecule has 19 heavy (non-hydrogen) atoms. The van der Waals surface area contributed by atoms with Crippen molar-refractivity contribution in [3.63, 3.8) is 0 Å². The minimum Gasteiger partial charge on any atom is -0.333 e. The van der Waals surface area contributed by atoms with Gasteiger partial charge in [-0.25, -0.2) is 4.98 Å². The molecule has 1 aromatic heterocycles. The van der Waals surface area contributed by atoms with E-state index in [0.717, 1.165) is 12.3 Å². The molecule has 2 aliphatic rings.